The minimum absolute atomic E-state index is 0.0762. The van der Waals surface area contributed by atoms with Crippen molar-refractivity contribution >= 4 is 0 Å². The highest BCUT2D eigenvalue weighted by Crippen LogP contribution is 2.18. The first kappa shape index (κ1) is 14.9. The summed E-state index contributed by atoms with van der Waals surface area (Å²) >= 11 is 0. The van der Waals surface area contributed by atoms with Crippen LogP contribution in [0.5, 0.6) is 5.75 Å². The monoisotopic (exact) mass is 259 g/mol. The fourth-order valence-electron chi connectivity index (χ4n) is 1.48. The Labute approximate surface area is 106 Å². The lowest BCUT2D eigenvalue weighted by atomic mass is 9.97. The summed E-state index contributed by atoms with van der Waals surface area (Å²) in [6, 6.07) is 3.10. The molecule has 0 spiro atoms. The van der Waals surface area contributed by atoms with E-state index in [1.54, 1.807) is 6.92 Å². The normalized spacial score (nSPS) is 14.3. The van der Waals surface area contributed by atoms with Crippen molar-refractivity contribution in [2.75, 3.05) is 13.2 Å². The van der Waals surface area contributed by atoms with E-state index in [1.807, 2.05) is 0 Å². The molecular formula is C13H19F2NO2. The van der Waals surface area contributed by atoms with Crippen LogP contribution in [0.2, 0.25) is 0 Å². The molecule has 1 aromatic carbocycles. The van der Waals surface area contributed by atoms with Gasteiger partial charge in [-0.15, -0.1) is 0 Å². The molecule has 5 heteroatoms. The van der Waals surface area contributed by atoms with Crippen LogP contribution in [-0.2, 0) is 0 Å². The van der Waals surface area contributed by atoms with E-state index < -0.39 is 17.2 Å². The van der Waals surface area contributed by atoms with Gasteiger partial charge in [0.25, 0.3) is 0 Å². The summed E-state index contributed by atoms with van der Waals surface area (Å²) < 4.78 is 31.2. The predicted octanol–water partition coefficient (Wildman–Crippen LogP) is 2.22. The molecule has 0 aliphatic carbocycles. The Morgan fingerprint density at radius 1 is 1.33 bits per heavy atom. The average molecular weight is 259 g/mol. The van der Waals surface area contributed by atoms with Crippen LogP contribution >= 0.6 is 0 Å². The van der Waals surface area contributed by atoms with Gasteiger partial charge in [-0.2, -0.15) is 0 Å². The topological polar surface area (TPSA) is 55.5 Å². The second-order valence-corrected chi connectivity index (χ2v) is 4.69. The van der Waals surface area contributed by atoms with Crippen LogP contribution in [0.1, 0.15) is 26.2 Å². The standard InChI is InChI=1S/C13H19F2NO2/c1-13(16,9-17)6-2-3-7-18-12-8-10(14)4-5-11(12)15/h4-5,8,17H,2-3,6-7,9,16H2,1H3. The number of benzene rings is 1. The number of aliphatic hydroxyl groups excluding tert-OH is 1. The molecular weight excluding hydrogens is 240 g/mol. The van der Waals surface area contributed by atoms with Gasteiger partial charge in [-0.05, 0) is 38.3 Å². The summed E-state index contributed by atoms with van der Waals surface area (Å²) in [5.74, 6) is -1.18. The van der Waals surface area contributed by atoms with Crippen LogP contribution in [-0.4, -0.2) is 23.9 Å². The summed E-state index contributed by atoms with van der Waals surface area (Å²) in [5.41, 5.74) is 5.16. The van der Waals surface area contributed by atoms with Crippen molar-refractivity contribution in [1.82, 2.24) is 0 Å². The van der Waals surface area contributed by atoms with E-state index in [0.717, 1.165) is 24.6 Å². The lowest BCUT2D eigenvalue weighted by Crippen LogP contribution is -2.39. The fourth-order valence-corrected chi connectivity index (χ4v) is 1.48. The van der Waals surface area contributed by atoms with Crippen LogP contribution in [0.15, 0.2) is 18.2 Å². The molecule has 3 nitrogen and oxygen atoms in total. The molecule has 0 heterocycles. The fraction of sp³-hybridized carbons (Fsp3) is 0.538. The van der Waals surface area contributed by atoms with E-state index in [2.05, 4.69) is 0 Å². The van der Waals surface area contributed by atoms with Gasteiger partial charge >= 0.3 is 0 Å². The van der Waals surface area contributed by atoms with Gasteiger partial charge in [0.15, 0.2) is 11.6 Å². The van der Waals surface area contributed by atoms with Crippen LogP contribution in [0.3, 0.4) is 0 Å². The van der Waals surface area contributed by atoms with Crippen molar-refractivity contribution in [1.29, 1.82) is 0 Å². The smallest absolute Gasteiger partial charge is 0.165 e. The zero-order valence-electron chi connectivity index (χ0n) is 10.5. The molecule has 0 aliphatic heterocycles. The Morgan fingerprint density at radius 2 is 2.06 bits per heavy atom. The average Bonchev–Trinajstić information content (AvgIpc) is 2.33. The summed E-state index contributed by atoms with van der Waals surface area (Å²) in [5, 5.41) is 8.95. The lowest BCUT2D eigenvalue weighted by Gasteiger charge is -2.21. The summed E-state index contributed by atoms with van der Waals surface area (Å²) in [7, 11) is 0. The maximum atomic E-state index is 13.2. The van der Waals surface area contributed by atoms with E-state index >= 15 is 0 Å². The minimum Gasteiger partial charge on any atom is -0.490 e. The molecule has 1 atom stereocenters. The molecule has 0 saturated carbocycles. The molecule has 1 unspecified atom stereocenters. The molecule has 1 rings (SSSR count). The highest BCUT2D eigenvalue weighted by atomic mass is 19.1. The highest BCUT2D eigenvalue weighted by molar-refractivity contribution is 5.24. The Hall–Kier alpha value is -1.20. The van der Waals surface area contributed by atoms with Crippen molar-refractivity contribution in [3.05, 3.63) is 29.8 Å². The van der Waals surface area contributed by atoms with Crippen molar-refractivity contribution in [3.63, 3.8) is 0 Å². The van der Waals surface area contributed by atoms with Gasteiger partial charge in [-0.3, -0.25) is 0 Å². The van der Waals surface area contributed by atoms with Crippen molar-refractivity contribution in [2.45, 2.75) is 31.7 Å². The van der Waals surface area contributed by atoms with Gasteiger partial charge in [0.2, 0.25) is 0 Å². The van der Waals surface area contributed by atoms with E-state index in [1.165, 1.54) is 0 Å². The summed E-state index contributed by atoms with van der Waals surface area (Å²) in [6.07, 6.45) is 2.08. The first-order chi connectivity index (χ1) is 8.44. The van der Waals surface area contributed by atoms with Gasteiger partial charge in [-0.25, -0.2) is 8.78 Å². The molecule has 0 radical (unpaired) electrons. The molecule has 102 valence electrons. The number of nitrogens with two attached hydrogens (primary N) is 1. The number of ether oxygens (including phenoxy) is 1. The van der Waals surface area contributed by atoms with E-state index in [0.29, 0.717) is 19.4 Å². The number of unbranched alkanes of at least 4 members (excludes halogenated alkanes) is 1. The first-order valence-corrected chi connectivity index (χ1v) is 5.92. The van der Waals surface area contributed by atoms with E-state index in [9.17, 15) is 8.78 Å². The zero-order chi connectivity index (χ0) is 13.6. The van der Waals surface area contributed by atoms with Gasteiger partial charge in [0, 0.05) is 11.6 Å². The third-order valence-electron chi connectivity index (χ3n) is 2.65. The van der Waals surface area contributed by atoms with Crippen LogP contribution in [0.25, 0.3) is 0 Å². The molecule has 18 heavy (non-hydrogen) atoms. The Kier molecular flexibility index (Phi) is 5.50. The van der Waals surface area contributed by atoms with Gasteiger partial charge < -0.3 is 15.6 Å². The molecule has 1 aromatic rings. The predicted molar refractivity (Wildman–Crippen MR) is 65.4 cm³/mol. The van der Waals surface area contributed by atoms with Crippen LogP contribution in [0, 0.1) is 11.6 Å². The number of halogens is 2. The lowest BCUT2D eigenvalue weighted by molar-refractivity contribution is 0.193. The number of hydrogen-bond acceptors (Lipinski definition) is 3. The third kappa shape index (κ3) is 4.98. The van der Waals surface area contributed by atoms with Gasteiger partial charge in [0.1, 0.15) is 5.82 Å². The van der Waals surface area contributed by atoms with Crippen molar-refractivity contribution in [2.24, 2.45) is 5.73 Å². The minimum atomic E-state index is -0.593. The highest BCUT2D eigenvalue weighted by Gasteiger charge is 2.15. The van der Waals surface area contributed by atoms with Crippen molar-refractivity contribution in [3.8, 4) is 5.75 Å². The van der Waals surface area contributed by atoms with Crippen molar-refractivity contribution < 1.29 is 18.6 Å². The quantitative estimate of drug-likeness (QED) is 0.738. The first-order valence-electron chi connectivity index (χ1n) is 5.92. The molecule has 0 saturated heterocycles. The second-order valence-electron chi connectivity index (χ2n) is 4.69. The largest absolute Gasteiger partial charge is 0.490 e. The number of aliphatic hydroxyl groups is 1. The number of rotatable bonds is 7. The molecule has 0 amide bonds. The maximum Gasteiger partial charge on any atom is 0.165 e. The van der Waals surface area contributed by atoms with E-state index in [4.69, 9.17) is 15.6 Å². The molecule has 0 fully saturated rings. The number of hydrogen-bond donors (Lipinski definition) is 2. The molecule has 0 aliphatic rings. The van der Waals surface area contributed by atoms with E-state index in [-0.39, 0.29) is 12.4 Å². The Bertz CT molecular complexity index is 383. The SMILES string of the molecule is CC(N)(CO)CCCCOc1cc(F)ccc1F. The molecule has 0 bridgehead atoms. The molecule has 0 aromatic heterocycles. The maximum absolute atomic E-state index is 13.2. The van der Waals surface area contributed by atoms with Crippen LogP contribution < -0.4 is 10.5 Å². The van der Waals surface area contributed by atoms with Crippen LogP contribution in [0.4, 0.5) is 8.78 Å². The second kappa shape index (κ2) is 6.66. The Morgan fingerprint density at radius 3 is 2.72 bits per heavy atom. The van der Waals surface area contributed by atoms with Gasteiger partial charge in [0.05, 0.1) is 13.2 Å². The zero-order valence-corrected chi connectivity index (χ0v) is 10.5. The summed E-state index contributed by atoms with van der Waals surface area (Å²) in [4.78, 5) is 0. The third-order valence-corrected chi connectivity index (χ3v) is 2.65. The Balaban J connectivity index is 2.28. The van der Waals surface area contributed by atoms with Gasteiger partial charge in [-0.1, -0.05) is 0 Å². The molecule has 3 N–H and O–H groups in total. The summed E-state index contributed by atoms with van der Waals surface area (Å²) in [6.45, 7) is 1.98.